The molecule has 1 fully saturated rings. The molecule has 12 heavy (non-hydrogen) atoms. The van der Waals surface area contributed by atoms with E-state index >= 15 is 0 Å². The second-order valence-corrected chi connectivity index (χ2v) is 3.31. The molecule has 0 bridgehead atoms. The Kier molecular flexibility index (Phi) is 1.81. The minimum atomic E-state index is 0.562. The molecular formula is C9H13N3. The van der Waals surface area contributed by atoms with Gasteiger partial charge in [-0.2, -0.15) is 0 Å². The Morgan fingerprint density at radius 3 is 2.92 bits per heavy atom. The molecule has 3 nitrogen and oxygen atoms in total. The van der Waals surface area contributed by atoms with Crippen LogP contribution in [0.1, 0.15) is 35.8 Å². The molecule has 1 aliphatic rings. The largest absolute Gasteiger partial charge is 0.326 e. The zero-order valence-corrected chi connectivity index (χ0v) is 7.25. The summed E-state index contributed by atoms with van der Waals surface area (Å²) in [7, 11) is 0. The maximum Gasteiger partial charge on any atom is 0.125 e. The van der Waals surface area contributed by atoms with E-state index in [1.165, 1.54) is 18.5 Å². The van der Waals surface area contributed by atoms with Crippen LogP contribution in [0.15, 0.2) is 6.20 Å². The number of aryl methyl sites for hydroxylation is 1. The van der Waals surface area contributed by atoms with Crippen molar-refractivity contribution in [2.75, 3.05) is 0 Å². The van der Waals surface area contributed by atoms with E-state index in [-0.39, 0.29) is 0 Å². The molecule has 64 valence electrons. The zero-order chi connectivity index (χ0) is 8.55. The quantitative estimate of drug-likeness (QED) is 0.710. The van der Waals surface area contributed by atoms with Crippen LogP contribution in [0, 0.1) is 6.92 Å². The van der Waals surface area contributed by atoms with E-state index < -0.39 is 0 Å². The summed E-state index contributed by atoms with van der Waals surface area (Å²) in [6, 6.07) is 0. The van der Waals surface area contributed by atoms with Gasteiger partial charge in [0, 0.05) is 24.2 Å². The van der Waals surface area contributed by atoms with E-state index in [9.17, 15) is 0 Å². The van der Waals surface area contributed by atoms with Crippen LogP contribution >= 0.6 is 0 Å². The van der Waals surface area contributed by atoms with Crippen molar-refractivity contribution in [2.24, 2.45) is 5.73 Å². The molecule has 1 aromatic heterocycles. The molecule has 0 amide bonds. The average Bonchev–Trinajstić information content (AvgIpc) is 2.87. The second-order valence-electron chi connectivity index (χ2n) is 3.31. The molecule has 0 atom stereocenters. The van der Waals surface area contributed by atoms with Crippen LogP contribution in [0.25, 0.3) is 0 Å². The lowest BCUT2D eigenvalue weighted by Crippen LogP contribution is -2.05. The average molecular weight is 163 g/mol. The summed E-state index contributed by atoms with van der Waals surface area (Å²) in [6.45, 7) is 2.48. The van der Waals surface area contributed by atoms with E-state index in [2.05, 4.69) is 9.97 Å². The van der Waals surface area contributed by atoms with Gasteiger partial charge in [0.05, 0.1) is 5.69 Å². The van der Waals surface area contributed by atoms with Crippen LogP contribution in [0.5, 0.6) is 0 Å². The van der Waals surface area contributed by atoms with Crippen molar-refractivity contribution in [1.29, 1.82) is 0 Å². The molecule has 3 heteroatoms. The molecule has 0 aliphatic heterocycles. The number of nitrogens with two attached hydrogens (primary N) is 1. The van der Waals surface area contributed by atoms with Gasteiger partial charge in [0.1, 0.15) is 5.82 Å². The Balaban J connectivity index is 2.39. The number of hydrogen-bond donors (Lipinski definition) is 1. The van der Waals surface area contributed by atoms with Crippen molar-refractivity contribution in [2.45, 2.75) is 32.2 Å². The molecule has 0 radical (unpaired) electrons. The Hall–Kier alpha value is -0.960. The summed E-state index contributed by atoms with van der Waals surface area (Å²) < 4.78 is 0. The summed E-state index contributed by atoms with van der Waals surface area (Å²) >= 11 is 0. The highest BCUT2D eigenvalue weighted by atomic mass is 14.9. The van der Waals surface area contributed by atoms with Gasteiger partial charge in [-0.25, -0.2) is 9.97 Å². The SMILES string of the molecule is Cc1ncc(CN)c(C2CC2)n1. The molecule has 0 spiro atoms. The molecule has 1 aliphatic carbocycles. The van der Waals surface area contributed by atoms with Crippen molar-refractivity contribution < 1.29 is 0 Å². The van der Waals surface area contributed by atoms with Gasteiger partial charge in [-0.3, -0.25) is 0 Å². The first-order valence-corrected chi connectivity index (χ1v) is 4.33. The standard InChI is InChI=1S/C9H13N3/c1-6-11-5-8(4-10)9(12-6)7-2-3-7/h5,7H,2-4,10H2,1H3. The fourth-order valence-electron chi connectivity index (χ4n) is 1.38. The normalized spacial score (nSPS) is 16.5. The van der Waals surface area contributed by atoms with Crippen molar-refractivity contribution in [1.82, 2.24) is 9.97 Å². The summed E-state index contributed by atoms with van der Waals surface area (Å²) in [5.74, 6) is 1.53. The Bertz CT molecular complexity index is 292. The number of hydrogen-bond acceptors (Lipinski definition) is 3. The summed E-state index contributed by atoms with van der Waals surface area (Å²) in [5, 5.41) is 0. The van der Waals surface area contributed by atoms with E-state index in [4.69, 9.17) is 5.73 Å². The molecule has 2 rings (SSSR count). The van der Waals surface area contributed by atoms with E-state index in [0.29, 0.717) is 12.5 Å². The minimum absolute atomic E-state index is 0.562. The highest BCUT2D eigenvalue weighted by Crippen LogP contribution is 2.40. The molecule has 1 aromatic rings. The van der Waals surface area contributed by atoms with Crippen LogP contribution < -0.4 is 5.73 Å². The third-order valence-electron chi connectivity index (χ3n) is 2.20. The Morgan fingerprint density at radius 2 is 2.33 bits per heavy atom. The van der Waals surface area contributed by atoms with Gasteiger partial charge in [0.25, 0.3) is 0 Å². The lowest BCUT2D eigenvalue weighted by molar-refractivity contribution is 0.877. The van der Waals surface area contributed by atoms with Gasteiger partial charge in [-0.15, -0.1) is 0 Å². The van der Waals surface area contributed by atoms with Crippen LogP contribution in [0.4, 0.5) is 0 Å². The minimum Gasteiger partial charge on any atom is -0.326 e. The zero-order valence-electron chi connectivity index (χ0n) is 7.25. The highest BCUT2D eigenvalue weighted by Gasteiger charge is 2.27. The van der Waals surface area contributed by atoms with Gasteiger partial charge in [-0.05, 0) is 19.8 Å². The Labute approximate surface area is 72.0 Å². The molecule has 0 aromatic carbocycles. The molecule has 2 N–H and O–H groups in total. The number of nitrogens with zero attached hydrogens (tertiary/aromatic N) is 2. The monoisotopic (exact) mass is 163 g/mol. The van der Waals surface area contributed by atoms with Gasteiger partial charge in [0.15, 0.2) is 0 Å². The topological polar surface area (TPSA) is 51.8 Å². The highest BCUT2D eigenvalue weighted by molar-refractivity contribution is 5.24. The molecule has 0 saturated heterocycles. The van der Waals surface area contributed by atoms with Crippen LogP contribution in [-0.2, 0) is 6.54 Å². The van der Waals surface area contributed by atoms with Gasteiger partial charge < -0.3 is 5.73 Å². The fraction of sp³-hybridized carbons (Fsp3) is 0.556. The lowest BCUT2D eigenvalue weighted by Gasteiger charge is -2.04. The second kappa shape index (κ2) is 2.83. The van der Waals surface area contributed by atoms with Gasteiger partial charge >= 0.3 is 0 Å². The first kappa shape index (κ1) is 7.68. The van der Waals surface area contributed by atoms with Crippen LogP contribution in [0.3, 0.4) is 0 Å². The van der Waals surface area contributed by atoms with E-state index in [0.717, 1.165) is 11.4 Å². The fourth-order valence-corrected chi connectivity index (χ4v) is 1.38. The van der Waals surface area contributed by atoms with Gasteiger partial charge in [-0.1, -0.05) is 0 Å². The Morgan fingerprint density at radius 1 is 1.58 bits per heavy atom. The molecule has 0 unspecified atom stereocenters. The first-order valence-electron chi connectivity index (χ1n) is 4.33. The van der Waals surface area contributed by atoms with Crippen molar-refractivity contribution >= 4 is 0 Å². The van der Waals surface area contributed by atoms with Crippen molar-refractivity contribution in [3.63, 3.8) is 0 Å². The summed E-state index contributed by atoms with van der Waals surface area (Å²) in [4.78, 5) is 8.54. The molecule has 1 heterocycles. The maximum atomic E-state index is 5.59. The van der Waals surface area contributed by atoms with Gasteiger partial charge in [0.2, 0.25) is 0 Å². The van der Waals surface area contributed by atoms with E-state index in [1.807, 2.05) is 13.1 Å². The van der Waals surface area contributed by atoms with Crippen LogP contribution in [0.2, 0.25) is 0 Å². The van der Waals surface area contributed by atoms with E-state index in [1.54, 1.807) is 0 Å². The number of aromatic nitrogens is 2. The van der Waals surface area contributed by atoms with Crippen molar-refractivity contribution in [3.05, 3.63) is 23.3 Å². The third-order valence-corrected chi connectivity index (χ3v) is 2.20. The smallest absolute Gasteiger partial charge is 0.125 e. The number of rotatable bonds is 2. The predicted molar refractivity (Wildman–Crippen MR) is 46.6 cm³/mol. The predicted octanol–water partition coefficient (Wildman–Crippen LogP) is 1.12. The molecular weight excluding hydrogens is 150 g/mol. The molecule has 1 saturated carbocycles. The van der Waals surface area contributed by atoms with Crippen LogP contribution in [-0.4, -0.2) is 9.97 Å². The summed E-state index contributed by atoms with van der Waals surface area (Å²) in [5.41, 5.74) is 7.89. The van der Waals surface area contributed by atoms with Crippen molar-refractivity contribution in [3.8, 4) is 0 Å². The lowest BCUT2D eigenvalue weighted by atomic mass is 10.1. The maximum absolute atomic E-state index is 5.59. The first-order chi connectivity index (χ1) is 5.81. The summed E-state index contributed by atoms with van der Waals surface area (Å²) in [6.07, 6.45) is 4.39. The third kappa shape index (κ3) is 1.32.